The van der Waals surface area contributed by atoms with Crippen LogP contribution >= 0.6 is 0 Å². The fraction of sp³-hybridized carbons (Fsp3) is 0.444. The molecule has 0 radical (unpaired) electrons. The minimum Gasteiger partial charge on any atom is -0.495 e. The number of alkyl halides is 3. The molecular formula is C18H19F3N4O2S. The second kappa shape index (κ2) is 7.32. The van der Waals surface area contributed by atoms with Crippen molar-refractivity contribution in [2.75, 3.05) is 31.6 Å². The average Bonchev–Trinajstić information content (AvgIpc) is 2.68. The normalized spacial score (nSPS) is 23.6. The summed E-state index contributed by atoms with van der Waals surface area (Å²) < 4.78 is 58.3. The maximum atomic E-state index is 13.0. The van der Waals surface area contributed by atoms with Crippen LogP contribution in [0.1, 0.15) is 12.0 Å². The lowest BCUT2D eigenvalue weighted by Crippen LogP contribution is -2.64. The molecule has 0 bridgehead atoms. The number of piperidine rings is 1. The van der Waals surface area contributed by atoms with Crippen LogP contribution in [0, 0.1) is 5.92 Å². The number of hydrogen-bond donors (Lipinski definition) is 0. The standard InChI is InChI=1S/C18H19F3N4O2S/c1-27-15-4-2-3-5-16(15)28(26)24-7-6-12-10-25(14(12)11-24)17-22-8-13(9-23-17)18(19,20)21/h2-5,8-9,12,14H,6-7,10-11H2,1H3. The van der Waals surface area contributed by atoms with E-state index in [9.17, 15) is 17.4 Å². The van der Waals surface area contributed by atoms with Gasteiger partial charge >= 0.3 is 6.18 Å². The van der Waals surface area contributed by atoms with E-state index in [1.54, 1.807) is 12.1 Å². The molecule has 2 aromatic rings. The Morgan fingerprint density at radius 1 is 1.18 bits per heavy atom. The van der Waals surface area contributed by atoms with Crippen molar-refractivity contribution >= 4 is 16.9 Å². The predicted molar refractivity (Wildman–Crippen MR) is 97.3 cm³/mol. The van der Waals surface area contributed by atoms with E-state index in [2.05, 4.69) is 9.97 Å². The van der Waals surface area contributed by atoms with Gasteiger partial charge in [0.1, 0.15) is 16.7 Å². The minimum absolute atomic E-state index is 0.0316. The van der Waals surface area contributed by atoms with Crippen LogP contribution in [0.25, 0.3) is 0 Å². The molecular weight excluding hydrogens is 393 g/mol. The Labute approximate surface area is 162 Å². The Bertz CT molecular complexity index is 878. The number of methoxy groups -OCH3 is 1. The zero-order valence-electron chi connectivity index (χ0n) is 15.1. The zero-order chi connectivity index (χ0) is 19.9. The third kappa shape index (κ3) is 3.46. The van der Waals surface area contributed by atoms with E-state index in [4.69, 9.17) is 4.74 Å². The zero-order valence-corrected chi connectivity index (χ0v) is 15.9. The van der Waals surface area contributed by atoms with E-state index in [0.717, 1.165) is 18.8 Å². The van der Waals surface area contributed by atoms with Crippen LogP contribution in [-0.2, 0) is 17.2 Å². The molecule has 0 saturated carbocycles. The van der Waals surface area contributed by atoms with Gasteiger partial charge in [0.05, 0.1) is 23.6 Å². The Morgan fingerprint density at radius 2 is 1.89 bits per heavy atom. The first kappa shape index (κ1) is 19.1. The van der Waals surface area contributed by atoms with Crippen molar-refractivity contribution in [1.82, 2.24) is 14.3 Å². The van der Waals surface area contributed by atoms with Crippen molar-refractivity contribution in [1.29, 1.82) is 0 Å². The molecule has 3 heterocycles. The highest BCUT2D eigenvalue weighted by Gasteiger charge is 2.45. The van der Waals surface area contributed by atoms with E-state index in [0.29, 0.717) is 36.2 Å². The van der Waals surface area contributed by atoms with Gasteiger partial charge in [0.15, 0.2) is 0 Å². The fourth-order valence-electron chi connectivity index (χ4n) is 3.67. The summed E-state index contributed by atoms with van der Waals surface area (Å²) in [5, 5.41) is 0. The molecule has 2 aliphatic heterocycles. The summed E-state index contributed by atoms with van der Waals surface area (Å²) in [6.07, 6.45) is -1.97. The number of nitrogens with zero attached hydrogens (tertiary/aromatic N) is 4. The summed E-state index contributed by atoms with van der Waals surface area (Å²) in [6.45, 7) is 1.92. The Balaban J connectivity index is 1.48. The summed E-state index contributed by atoms with van der Waals surface area (Å²) in [4.78, 5) is 10.3. The molecule has 3 atom stereocenters. The lowest BCUT2D eigenvalue weighted by atomic mass is 9.83. The number of anilines is 1. The molecule has 1 aromatic carbocycles. The van der Waals surface area contributed by atoms with Gasteiger partial charge in [-0.25, -0.2) is 18.5 Å². The third-order valence-electron chi connectivity index (χ3n) is 5.23. The van der Waals surface area contributed by atoms with Crippen LogP contribution in [0.5, 0.6) is 5.75 Å². The van der Waals surface area contributed by atoms with E-state index >= 15 is 0 Å². The maximum Gasteiger partial charge on any atom is 0.419 e. The largest absolute Gasteiger partial charge is 0.495 e. The number of hydrogen-bond acceptors (Lipinski definition) is 5. The number of fused-ring (bicyclic) bond motifs is 1. The van der Waals surface area contributed by atoms with Gasteiger partial charge in [-0.15, -0.1) is 0 Å². The fourth-order valence-corrected chi connectivity index (χ4v) is 5.02. The molecule has 0 N–H and O–H groups in total. The molecule has 4 rings (SSSR count). The third-order valence-corrected chi connectivity index (χ3v) is 6.74. The molecule has 3 unspecified atom stereocenters. The lowest BCUT2D eigenvalue weighted by molar-refractivity contribution is -0.138. The van der Waals surface area contributed by atoms with Crippen LogP contribution in [0.3, 0.4) is 0 Å². The van der Waals surface area contributed by atoms with Crippen molar-refractivity contribution < 1.29 is 22.1 Å². The van der Waals surface area contributed by atoms with E-state index in [-0.39, 0.29) is 12.0 Å². The van der Waals surface area contributed by atoms with Gasteiger partial charge in [0.2, 0.25) is 5.95 Å². The van der Waals surface area contributed by atoms with Crippen LogP contribution in [0.15, 0.2) is 41.6 Å². The number of rotatable bonds is 4. The van der Waals surface area contributed by atoms with Gasteiger partial charge in [-0.1, -0.05) is 12.1 Å². The van der Waals surface area contributed by atoms with Crippen LogP contribution in [0.4, 0.5) is 19.1 Å². The molecule has 10 heteroatoms. The molecule has 2 saturated heterocycles. The summed E-state index contributed by atoms with van der Waals surface area (Å²) in [6, 6.07) is 7.21. The summed E-state index contributed by atoms with van der Waals surface area (Å²) in [7, 11) is 0.162. The Morgan fingerprint density at radius 3 is 2.57 bits per heavy atom. The van der Waals surface area contributed by atoms with Crippen molar-refractivity contribution in [2.24, 2.45) is 5.92 Å². The summed E-state index contributed by atoms with van der Waals surface area (Å²) in [5.74, 6) is 1.25. The van der Waals surface area contributed by atoms with Crippen molar-refractivity contribution in [3.63, 3.8) is 0 Å². The SMILES string of the molecule is COc1ccccc1S(=O)N1CCC2CN(c3ncc(C(F)(F)F)cn3)C2C1. The monoisotopic (exact) mass is 412 g/mol. The lowest BCUT2D eigenvalue weighted by Gasteiger charge is -2.52. The first-order chi connectivity index (χ1) is 13.4. The van der Waals surface area contributed by atoms with Gasteiger partial charge in [-0.2, -0.15) is 13.2 Å². The molecule has 0 spiro atoms. The highest BCUT2D eigenvalue weighted by molar-refractivity contribution is 7.82. The van der Waals surface area contributed by atoms with Crippen molar-refractivity contribution in [2.45, 2.75) is 23.5 Å². The summed E-state index contributed by atoms with van der Waals surface area (Å²) in [5.41, 5.74) is -0.865. The molecule has 0 aliphatic carbocycles. The molecule has 150 valence electrons. The van der Waals surface area contributed by atoms with E-state index in [1.807, 2.05) is 21.3 Å². The Hall–Kier alpha value is -2.20. The first-order valence-corrected chi connectivity index (χ1v) is 9.95. The topological polar surface area (TPSA) is 58.6 Å². The predicted octanol–water partition coefficient (Wildman–Crippen LogP) is 2.74. The maximum absolute atomic E-state index is 13.0. The number of para-hydroxylation sites is 1. The molecule has 0 amide bonds. The number of halogens is 3. The van der Waals surface area contributed by atoms with Gasteiger partial charge in [-0.05, 0) is 24.5 Å². The van der Waals surface area contributed by atoms with Crippen LogP contribution in [0.2, 0.25) is 0 Å². The van der Waals surface area contributed by atoms with Gasteiger partial charge in [0, 0.05) is 32.0 Å². The molecule has 1 aromatic heterocycles. The van der Waals surface area contributed by atoms with Gasteiger partial charge < -0.3 is 9.64 Å². The average molecular weight is 412 g/mol. The summed E-state index contributed by atoms with van der Waals surface area (Å²) >= 11 is 0. The smallest absolute Gasteiger partial charge is 0.419 e. The second-order valence-electron chi connectivity index (χ2n) is 6.83. The number of aromatic nitrogens is 2. The first-order valence-electron chi connectivity index (χ1n) is 8.84. The molecule has 2 aliphatic rings. The minimum atomic E-state index is -4.46. The van der Waals surface area contributed by atoms with Crippen LogP contribution in [-0.4, -0.2) is 51.3 Å². The Kier molecular flexibility index (Phi) is 5.00. The van der Waals surface area contributed by atoms with Gasteiger partial charge in [-0.3, -0.25) is 0 Å². The van der Waals surface area contributed by atoms with Crippen molar-refractivity contribution in [3.05, 3.63) is 42.2 Å². The van der Waals surface area contributed by atoms with E-state index < -0.39 is 22.7 Å². The highest BCUT2D eigenvalue weighted by atomic mass is 32.2. The molecule has 6 nitrogen and oxygen atoms in total. The van der Waals surface area contributed by atoms with E-state index in [1.165, 1.54) is 7.11 Å². The molecule has 28 heavy (non-hydrogen) atoms. The number of benzene rings is 1. The van der Waals surface area contributed by atoms with Gasteiger partial charge in [0.25, 0.3) is 0 Å². The van der Waals surface area contributed by atoms with Crippen LogP contribution < -0.4 is 9.64 Å². The highest BCUT2D eigenvalue weighted by Crippen LogP contribution is 2.37. The number of ether oxygens (including phenoxy) is 1. The van der Waals surface area contributed by atoms with Crippen molar-refractivity contribution in [3.8, 4) is 5.75 Å². The second-order valence-corrected chi connectivity index (χ2v) is 8.28. The quantitative estimate of drug-likeness (QED) is 0.773. The molecule has 2 fully saturated rings.